The van der Waals surface area contributed by atoms with Crippen molar-refractivity contribution in [1.82, 2.24) is 24.5 Å². The Morgan fingerprint density at radius 1 is 1.06 bits per heavy atom. The normalized spacial score (nSPS) is 21.7. The number of hydrogen-bond acceptors (Lipinski definition) is 8. The Morgan fingerprint density at radius 2 is 1.71 bits per heavy atom. The van der Waals surface area contributed by atoms with Crippen molar-refractivity contribution in [2.75, 3.05) is 52.1 Å². The third-order valence-corrected chi connectivity index (χ3v) is 11.3. The molecule has 1 unspecified atom stereocenters. The van der Waals surface area contributed by atoms with Crippen LogP contribution < -0.4 is 10.5 Å². The maximum absolute atomic E-state index is 13.5. The van der Waals surface area contributed by atoms with Crippen LogP contribution in [0, 0.1) is 11.8 Å². The number of halogens is 3. The standard InChI is InChI=1S/C35H52N6O4.C2HF3O2/c1-3-4-12-27-25-40(24-26-10-6-5-7-11-26)34(43)45-35(27)17-21-38(22-18-35)28-15-19-39(20-16-28)33(42)29-23-37-41(32(29)36)30-13-8-9-14-31(30)44-2;3-2(4,5)1(6)7/h8-9,13-14,23,26-28H,3-7,10-12,15-22,24-25,36H2,1-2H3;(H,6,7). The molecule has 4 fully saturated rings. The van der Waals surface area contributed by atoms with Crippen molar-refractivity contribution in [2.45, 2.75) is 102 Å². The Morgan fingerprint density at radius 3 is 2.33 bits per heavy atom. The predicted molar refractivity (Wildman–Crippen MR) is 188 cm³/mol. The fourth-order valence-corrected chi connectivity index (χ4v) is 8.37. The highest BCUT2D eigenvalue weighted by molar-refractivity contribution is 5.98. The maximum Gasteiger partial charge on any atom is 0.490 e. The van der Waals surface area contributed by atoms with E-state index in [0.717, 1.165) is 58.3 Å². The van der Waals surface area contributed by atoms with Crippen LogP contribution in [0.15, 0.2) is 30.5 Å². The summed E-state index contributed by atoms with van der Waals surface area (Å²) in [5.74, 6) is -0.825. The lowest BCUT2D eigenvalue weighted by molar-refractivity contribution is -0.192. The van der Waals surface area contributed by atoms with Crippen molar-refractivity contribution in [3.63, 3.8) is 0 Å². The number of alkyl halides is 3. The van der Waals surface area contributed by atoms with Gasteiger partial charge in [0.05, 0.1) is 13.3 Å². The molecule has 3 saturated heterocycles. The van der Waals surface area contributed by atoms with E-state index in [1.54, 1.807) is 18.0 Å². The van der Waals surface area contributed by atoms with Crippen LogP contribution in [0.4, 0.5) is 23.8 Å². The lowest BCUT2D eigenvalue weighted by Crippen LogP contribution is -2.61. The number of nitrogens with zero attached hydrogens (tertiary/aromatic N) is 5. The molecule has 1 spiro atoms. The zero-order chi connectivity index (χ0) is 37.5. The summed E-state index contributed by atoms with van der Waals surface area (Å²) in [6.07, 6.45) is 9.94. The van der Waals surface area contributed by atoms with Gasteiger partial charge in [0, 0.05) is 64.1 Å². The van der Waals surface area contributed by atoms with Gasteiger partial charge in [0.15, 0.2) is 0 Å². The Labute approximate surface area is 303 Å². The molecule has 15 heteroatoms. The average Bonchev–Trinajstić information content (AvgIpc) is 3.53. The number of aromatic nitrogens is 2. The van der Waals surface area contributed by atoms with Gasteiger partial charge in [-0.3, -0.25) is 9.69 Å². The number of carboxylic acids is 1. The van der Waals surface area contributed by atoms with Crippen LogP contribution in [-0.2, 0) is 9.53 Å². The van der Waals surface area contributed by atoms with Crippen LogP contribution in [0.5, 0.6) is 5.75 Å². The first-order valence-corrected chi connectivity index (χ1v) is 18.6. The number of piperidine rings is 2. The molecule has 3 aliphatic heterocycles. The van der Waals surface area contributed by atoms with E-state index in [1.807, 2.05) is 34.1 Å². The Kier molecular flexibility index (Phi) is 13.0. The van der Waals surface area contributed by atoms with Gasteiger partial charge in [0.2, 0.25) is 0 Å². The van der Waals surface area contributed by atoms with Gasteiger partial charge in [-0.1, -0.05) is 51.2 Å². The van der Waals surface area contributed by atoms with Gasteiger partial charge in [-0.25, -0.2) is 14.3 Å². The number of nitrogen functional groups attached to an aromatic ring is 1. The van der Waals surface area contributed by atoms with E-state index in [9.17, 15) is 22.8 Å². The minimum Gasteiger partial charge on any atom is -0.494 e. The molecule has 6 rings (SSSR count). The number of methoxy groups -OCH3 is 1. The highest BCUT2D eigenvalue weighted by Crippen LogP contribution is 2.42. The number of para-hydroxylation sites is 2. The summed E-state index contributed by atoms with van der Waals surface area (Å²) in [7, 11) is 1.61. The topological polar surface area (TPSA) is 143 Å². The van der Waals surface area contributed by atoms with E-state index < -0.39 is 12.1 Å². The molecule has 0 radical (unpaired) electrons. The summed E-state index contributed by atoms with van der Waals surface area (Å²) >= 11 is 0. The SMILES string of the molecule is CCCCC1CN(CC2CCCCC2)C(=O)OC12CCN(C1CCN(C(=O)c3cnn(-c4ccccc4OC)c3N)CC1)CC2.O=C(O)C(F)(F)F. The smallest absolute Gasteiger partial charge is 0.490 e. The van der Waals surface area contributed by atoms with Crippen molar-refractivity contribution in [1.29, 1.82) is 0 Å². The fraction of sp³-hybridized carbons (Fsp3) is 0.676. The molecule has 1 atom stereocenters. The van der Waals surface area contributed by atoms with Gasteiger partial charge >= 0.3 is 18.2 Å². The number of rotatable bonds is 9. The molecule has 0 bridgehead atoms. The summed E-state index contributed by atoms with van der Waals surface area (Å²) in [5.41, 5.74) is 7.23. The molecule has 4 heterocycles. The van der Waals surface area contributed by atoms with E-state index >= 15 is 0 Å². The summed E-state index contributed by atoms with van der Waals surface area (Å²) in [4.78, 5) is 42.3. The predicted octanol–water partition coefficient (Wildman–Crippen LogP) is 6.37. The summed E-state index contributed by atoms with van der Waals surface area (Å²) in [6.45, 7) is 7.23. The van der Waals surface area contributed by atoms with Gasteiger partial charge in [-0.15, -0.1) is 0 Å². The number of carbonyl (C=O) groups is 3. The molecule has 1 aromatic heterocycles. The number of amides is 2. The molecule has 52 heavy (non-hydrogen) atoms. The van der Waals surface area contributed by atoms with Crippen LogP contribution in [0.2, 0.25) is 0 Å². The van der Waals surface area contributed by atoms with E-state index in [4.69, 9.17) is 25.1 Å². The molecular weight excluding hydrogens is 681 g/mol. The Bertz CT molecular complexity index is 1510. The van der Waals surface area contributed by atoms with Crippen LogP contribution in [0.3, 0.4) is 0 Å². The van der Waals surface area contributed by atoms with Crippen molar-refractivity contribution in [3.05, 3.63) is 36.0 Å². The van der Waals surface area contributed by atoms with E-state index in [0.29, 0.717) is 53.8 Å². The minimum atomic E-state index is -5.08. The van der Waals surface area contributed by atoms with E-state index in [-0.39, 0.29) is 17.6 Å². The summed E-state index contributed by atoms with van der Waals surface area (Å²) in [6, 6.07) is 7.93. The molecule has 2 amide bonds. The lowest BCUT2D eigenvalue weighted by atomic mass is 9.75. The number of anilines is 1. The number of aliphatic carboxylic acids is 1. The quantitative estimate of drug-likeness (QED) is 0.300. The minimum absolute atomic E-state index is 0.0737. The average molecular weight is 735 g/mol. The highest BCUT2D eigenvalue weighted by atomic mass is 19.4. The molecule has 1 saturated carbocycles. The van der Waals surface area contributed by atoms with Crippen molar-refractivity contribution in [2.24, 2.45) is 11.8 Å². The largest absolute Gasteiger partial charge is 0.494 e. The van der Waals surface area contributed by atoms with E-state index in [2.05, 4.69) is 16.9 Å². The second-order valence-corrected chi connectivity index (χ2v) is 14.6. The Balaban J connectivity index is 0.000000679. The summed E-state index contributed by atoms with van der Waals surface area (Å²) < 4.78 is 45.2. The third kappa shape index (κ3) is 9.13. The molecule has 1 aromatic carbocycles. The second-order valence-electron chi connectivity index (χ2n) is 14.6. The number of benzene rings is 1. The molecule has 4 aliphatic rings. The molecule has 288 valence electrons. The van der Waals surface area contributed by atoms with Crippen molar-refractivity contribution < 1.29 is 42.1 Å². The molecule has 1 aliphatic carbocycles. The van der Waals surface area contributed by atoms with Crippen LogP contribution in [0.1, 0.15) is 94.3 Å². The first-order chi connectivity index (χ1) is 24.9. The van der Waals surface area contributed by atoms with Gasteiger partial charge in [0.25, 0.3) is 5.91 Å². The van der Waals surface area contributed by atoms with Gasteiger partial charge < -0.3 is 30.1 Å². The zero-order valence-electron chi connectivity index (χ0n) is 30.3. The van der Waals surface area contributed by atoms with Crippen LogP contribution >= 0.6 is 0 Å². The summed E-state index contributed by atoms with van der Waals surface area (Å²) in [5, 5.41) is 11.5. The second kappa shape index (κ2) is 17.2. The van der Waals surface area contributed by atoms with Crippen molar-refractivity contribution in [3.8, 4) is 11.4 Å². The number of carbonyl (C=O) groups excluding carboxylic acids is 2. The fourth-order valence-electron chi connectivity index (χ4n) is 8.37. The number of hydrogen-bond donors (Lipinski definition) is 2. The van der Waals surface area contributed by atoms with Crippen LogP contribution in [-0.4, -0.2) is 112 Å². The van der Waals surface area contributed by atoms with E-state index in [1.165, 1.54) is 44.9 Å². The first-order valence-electron chi connectivity index (χ1n) is 18.6. The molecule has 12 nitrogen and oxygen atoms in total. The number of likely N-dealkylation sites (tertiary alicyclic amines) is 2. The van der Waals surface area contributed by atoms with Gasteiger partial charge in [-0.05, 0) is 50.2 Å². The highest BCUT2D eigenvalue weighted by Gasteiger charge is 2.50. The number of nitrogens with two attached hydrogens (primary N) is 1. The Hall–Kier alpha value is -4.01. The maximum atomic E-state index is 13.5. The van der Waals surface area contributed by atoms with Gasteiger partial charge in [-0.2, -0.15) is 18.3 Å². The molecule has 3 N–H and O–H groups in total. The number of carboxylic acid groups (broad SMARTS) is 1. The number of ether oxygens (including phenoxy) is 2. The number of unbranched alkanes of at least 4 members (excludes halogenated alkanes) is 1. The molecule has 2 aromatic rings. The zero-order valence-corrected chi connectivity index (χ0v) is 30.3. The monoisotopic (exact) mass is 734 g/mol. The van der Waals surface area contributed by atoms with Crippen LogP contribution in [0.25, 0.3) is 5.69 Å². The third-order valence-electron chi connectivity index (χ3n) is 11.3. The van der Waals surface area contributed by atoms with Gasteiger partial charge in [0.1, 0.15) is 28.4 Å². The van der Waals surface area contributed by atoms with Crippen molar-refractivity contribution >= 4 is 23.8 Å². The lowest BCUT2D eigenvalue weighted by Gasteiger charge is -2.52. The molecular formula is C37H53F3N6O6. The first kappa shape index (κ1) is 39.2.